The Kier molecular flexibility index (Phi) is 8.29. The third kappa shape index (κ3) is 7.04. The zero-order valence-electron chi connectivity index (χ0n) is 17.1. The topological polar surface area (TPSA) is 198 Å². The van der Waals surface area contributed by atoms with Gasteiger partial charge >= 0.3 is 5.97 Å². The van der Waals surface area contributed by atoms with E-state index in [0.717, 1.165) is 0 Å². The molecular formula is C20H25N5O6S. The number of carbonyl (C=O) groups excluding carboxylic acids is 1. The number of sulfonamides is 1. The van der Waals surface area contributed by atoms with E-state index in [1.54, 1.807) is 30.3 Å². The molecule has 1 atom stereocenters. The Morgan fingerprint density at radius 3 is 2.28 bits per heavy atom. The first kappa shape index (κ1) is 24.8. The summed E-state index contributed by atoms with van der Waals surface area (Å²) in [6, 6.07) is 13.7. The molecule has 8 N–H and O–H groups in total. The highest BCUT2D eigenvalue weighted by Crippen LogP contribution is 2.13. The van der Waals surface area contributed by atoms with Gasteiger partial charge in [0, 0.05) is 12.0 Å². The number of carbonyl (C=O) groups is 2. The molecule has 0 fully saturated rings. The highest BCUT2D eigenvalue weighted by atomic mass is 32.2. The molecule has 11 nitrogen and oxygen atoms in total. The molecule has 32 heavy (non-hydrogen) atoms. The van der Waals surface area contributed by atoms with E-state index in [4.69, 9.17) is 21.6 Å². The zero-order valence-corrected chi connectivity index (χ0v) is 17.9. The predicted molar refractivity (Wildman–Crippen MR) is 117 cm³/mol. The molecule has 0 radical (unpaired) electrons. The largest absolute Gasteiger partial charge is 0.494 e. The minimum atomic E-state index is -4.22. The zero-order chi connectivity index (χ0) is 23.8. The molecule has 1 amide bonds. The van der Waals surface area contributed by atoms with E-state index >= 15 is 0 Å². The number of hydrogen-bond donors (Lipinski definition) is 6. The van der Waals surface area contributed by atoms with Gasteiger partial charge in [-0.1, -0.05) is 18.2 Å². The van der Waals surface area contributed by atoms with E-state index in [2.05, 4.69) is 5.32 Å². The fourth-order valence-electron chi connectivity index (χ4n) is 2.53. The van der Waals surface area contributed by atoms with E-state index in [1.807, 2.05) is 4.72 Å². The van der Waals surface area contributed by atoms with Crippen molar-refractivity contribution in [3.8, 4) is 5.75 Å². The minimum Gasteiger partial charge on any atom is -0.494 e. The van der Waals surface area contributed by atoms with E-state index in [0.29, 0.717) is 17.7 Å². The maximum atomic E-state index is 12.4. The summed E-state index contributed by atoms with van der Waals surface area (Å²) in [7, 11) is -4.22. The normalized spacial score (nSPS) is 13.0. The summed E-state index contributed by atoms with van der Waals surface area (Å²) in [6.45, 7) is -0.444. The number of rotatable bonds is 12. The fourth-order valence-corrected chi connectivity index (χ4v) is 3.81. The van der Waals surface area contributed by atoms with E-state index in [-0.39, 0.29) is 23.8 Å². The molecule has 0 aromatic heterocycles. The summed E-state index contributed by atoms with van der Waals surface area (Å²) in [4.78, 5) is 23.5. The second-order valence-electron chi connectivity index (χ2n) is 6.86. The number of benzene rings is 2. The van der Waals surface area contributed by atoms with Gasteiger partial charge in [0.15, 0.2) is 5.66 Å². The Balaban J connectivity index is 1.83. The molecule has 0 aliphatic carbocycles. The first-order valence-electron chi connectivity index (χ1n) is 9.49. The van der Waals surface area contributed by atoms with E-state index < -0.39 is 34.1 Å². The van der Waals surface area contributed by atoms with Crippen LogP contribution in [0.5, 0.6) is 5.75 Å². The van der Waals surface area contributed by atoms with Crippen LogP contribution in [0.2, 0.25) is 0 Å². The third-order valence-corrected chi connectivity index (χ3v) is 5.82. The Morgan fingerprint density at radius 2 is 1.72 bits per heavy atom. The molecular weight excluding hydrogens is 438 g/mol. The van der Waals surface area contributed by atoms with Crippen molar-refractivity contribution in [3.63, 3.8) is 0 Å². The average Bonchev–Trinajstić information content (AvgIpc) is 2.76. The van der Waals surface area contributed by atoms with Crippen LogP contribution in [0.3, 0.4) is 0 Å². The fraction of sp³-hybridized carbons (Fsp3) is 0.250. The van der Waals surface area contributed by atoms with Crippen LogP contribution in [0, 0.1) is 5.41 Å². The standard InChI is InChI=1S/C20H25N5O6S/c21-18(22)14-8-10-15(11-9-14)31-12-4-7-17(26)24-13-20(23,19(27)28)25-32(29,30)16-5-2-1-3-6-16/h1-3,5-6,8-11,25H,4,7,12-13,23H2,(H3,21,22)(H,24,26)(H,27,28). The van der Waals surface area contributed by atoms with Gasteiger partial charge in [-0.3, -0.25) is 10.2 Å². The predicted octanol–water partition coefficient (Wildman–Crippen LogP) is -0.0360. The van der Waals surface area contributed by atoms with Gasteiger partial charge in [0.2, 0.25) is 15.9 Å². The smallest absolute Gasteiger partial charge is 0.341 e. The second-order valence-corrected chi connectivity index (χ2v) is 8.54. The summed E-state index contributed by atoms with van der Waals surface area (Å²) in [5.74, 6) is -1.68. The van der Waals surface area contributed by atoms with Gasteiger partial charge in [-0.25, -0.2) is 13.2 Å². The minimum absolute atomic E-state index is 0.00661. The molecule has 0 saturated heterocycles. The number of carboxylic acids is 1. The van der Waals surface area contributed by atoms with Crippen molar-refractivity contribution in [2.75, 3.05) is 13.2 Å². The summed E-state index contributed by atoms with van der Waals surface area (Å²) in [6.07, 6.45) is 0.327. The van der Waals surface area contributed by atoms with E-state index in [9.17, 15) is 23.1 Å². The van der Waals surface area contributed by atoms with Crippen molar-refractivity contribution in [2.45, 2.75) is 23.4 Å². The molecule has 12 heteroatoms. The second kappa shape index (κ2) is 10.7. The first-order valence-corrected chi connectivity index (χ1v) is 11.0. The van der Waals surface area contributed by atoms with Gasteiger partial charge < -0.3 is 26.6 Å². The van der Waals surface area contributed by atoms with Crippen LogP contribution in [0.1, 0.15) is 18.4 Å². The van der Waals surface area contributed by atoms with Crippen molar-refractivity contribution < 1.29 is 27.9 Å². The number of amidine groups is 1. The molecule has 172 valence electrons. The summed E-state index contributed by atoms with van der Waals surface area (Å²) in [5.41, 5.74) is 9.23. The van der Waals surface area contributed by atoms with Gasteiger partial charge in [0.1, 0.15) is 11.6 Å². The first-order chi connectivity index (χ1) is 15.0. The Labute approximate surface area is 185 Å². The SMILES string of the molecule is N=C(N)c1ccc(OCCCC(=O)NCC(N)(NS(=O)(=O)c2ccccc2)C(=O)O)cc1. The van der Waals surface area contributed by atoms with Crippen LogP contribution >= 0.6 is 0 Å². The van der Waals surface area contributed by atoms with Crippen molar-refractivity contribution in [3.05, 3.63) is 60.2 Å². The highest BCUT2D eigenvalue weighted by Gasteiger charge is 2.39. The van der Waals surface area contributed by atoms with Crippen LogP contribution in [-0.4, -0.2) is 50.1 Å². The number of ether oxygens (including phenoxy) is 1. The van der Waals surface area contributed by atoms with Gasteiger partial charge in [0.25, 0.3) is 0 Å². The van der Waals surface area contributed by atoms with Crippen LogP contribution in [0.25, 0.3) is 0 Å². The number of carboxylic acid groups (broad SMARTS) is 1. The van der Waals surface area contributed by atoms with Crippen molar-refractivity contribution >= 4 is 27.7 Å². The molecule has 2 aromatic carbocycles. The molecule has 0 aliphatic rings. The molecule has 0 spiro atoms. The molecule has 0 heterocycles. The van der Waals surface area contributed by atoms with Crippen molar-refractivity contribution in [2.24, 2.45) is 11.5 Å². The lowest BCUT2D eigenvalue weighted by Gasteiger charge is -2.26. The lowest BCUT2D eigenvalue weighted by atomic mass is 10.2. The lowest BCUT2D eigenvalue weighted by molar-refractivity contribution is -0.143. The molecule has 2 aromatic rings. The Hall–Kier alpha value is -3.48. The lowest BCUT2D eigenvalue weighted by Crippen LogP contribution is -2.66. The maximum absolute atomic E-state index is 12.4. The number of nitrogen functional groups attached to an aromatic ring is 1. The number of nitrogens with two attached hydrogens (primary N) is 2. The summed E-state index contributed by atoms with van der Waals surface area (Å²) in [5, 5.41) is 19.1. The third-order valence-electron chi connectivity index (χ3n) is 4.30. The molecule has 2 rings (SSSR count). The quantitative estimate of drug-likeness (QED) is 0.109. The summed E-state index contributed by atoms with van der Waals surface area (Å²) < 4.78 is 32.2. The molecule has 0 saturated carbocycles. The van der Waals surface area contributed by atoms with Crippen LogP contribution in [0.4, 0.5) is 0 Å². The average molecular weight is 464 g/mol. The highest BCUT2D eigenvalue weighted by molar-refractivity contribution is 7.89. The molecule has 0 bridgehead atoms. The van der Waals surface area contributed by atoms with Crippen LogP contribution < -0.4 is 26.2 Å². The van der Waals surface area contributed by atoms with Crippen molar-refractivity contribution in [1.82, 2.24) is 10.0 Å². The van der Waals surface area contributed by atoms with Crippen LogP contribution in [0.15, 0.2) is 59.5 Å². The van der Waals surface area contributed by atoms with Crippen LogP contribution in [-0.2, 0) is 19.6 Å². The maximum Gasteiger partial charge on any atom is 0.341 e. The van der Waals surface area contributed by atoms with Crippen molar-refractivity contribution in [1.29, 1.82) is 5.41 Å². The van der Waals surface area contributed by atoms with Gasteiger partial charge in [0.05, 0.1) is 18.0 Å². The monoisotopic (exact) mass is 463 g/mol. The molecule has 1 unspecified atom stereocenters. The van der Waals surface area contributed by atoms with Gasteiger partial charge in [-0.05, 0) is 42.8 Å². The number of amides is 1. The Bertz CT molecular complexity index is 1060. The Morgan fingerprint density at radius 1 is 1.09 bits per heavy atom. The number of nitrogens with one attached hydrogen (secondary N) is 3. The van der Waals surface area contributed by atoms with Gasteiger partial charge in [-0.2, -0.15) is 4.72 Å². The molecule has 0 aliphatic heterocycles. The number of aliphatic carboxylic acids is 1. The van der Waals surface area contributed by atoms with Gasteiger partial charge in [-0.15, -0.1) is 0 Å². The summed E-state index contributed by atoms with van der Waals surface area (Å²) >= 11 is 0. The number of hydrogen-bond acceptors (Lipinski definition) is 7. The van der Waals surface area contributed by atoms with E-state index in [1.165, 1.54) is 24.3 Å².